The largest absolute Gasteiger partial charge is 0.350 e. The van der Waals surface area contributed by atoms with Crippen LogP contribution < -0.4 is 15.8 Å². The number of aromatic nitrogens is 3. The normalized spacial score (nSPS) is 14.9. The molecule has 1 aliphatic heterocycles. The van der Waals surface area contributed by atoms with E-state index in [-0.39, 0.29) is 42.1 Å². The van der Waals surface area contributed by atoms with Gasteiger partial charge in [-0.3, -0.25) is 19.4 Å². The third-order valence-corrected chi connectivity index (χ3v) is 5.26. The van der Waals surface area contributed by atoms with Crippen LogP contribution in [0.2, 0.25) is 0 Å². The van der Waals surface area contributed by atoms with E-state index in [0.29, 0.717) is 6.54 Å². The minimum Gasteiger partial charge on any atom is -0.350 e. The number of carbonyl (C=O) groups is 2. The van der Waals surface area contributed by atoms with Crippen molar-refractivity contribution in [3.05, 3.63) is 88.1 Å². The Hall–Kier alpha value is -3.81. The highest BCUT2D eigenvalue weighted by atomic mass is 16.2. The number of nitrogens with one attached hydrogen (secondary N) is 1. The summed E-state index contributed by atoms with van der Waals surface area (Å²) in [4.78, 5) is 43.4. The number of fused-ring (bicyclic) bond motifs is 1. The van der Waals surface area contributed by atoms with Crippen molar-refractivity contribution in [2.45, 2.75) is 38.9 Å². The molecule has 4 rings (SSSR count). The lowest BCUT2D eigenvalue weighted by atomic mass is 10.1. The Morgan fingerprint density at radius 2 is 1.90 bits per heavy atom. The van der Waals surface area contributed by atoms with Gasteiger partial charge < -0.3 is 10.2 Å². The van der Waals surface area contributed by atoms with E-state index in [9.17, 15) is 14.4 Å². The third kappa shape index (κ3) is 4.53. The van der Waals surface area contributed by atoms with E-state index in [4.69, 9.17) is 0 Å². The monoisotopic (exact) mass is 417 g/mol. The molecule has 158 valence electrons. The molecule has 0 spiro atoms. The van der Waals surface area contributed by atoms with E-state index >= 15 is 0 Å². The molecule has 8 nitrogen and oxygen atoms in total. The summed E-state index contributed by atoms with van der Waals surface area (Å²) in [6, 6.07) is 16.0. The predicted molar refractivity (Wildman–Crippen MR) is 116 cm³/mol. The molecule has 1 N–H and O–H groups in total. The molecule has 31 heavy (non-hydrogen) atoms. The molecule has 2 aromatic heterocycles. The molecule has 0 aliphatic carbocycles. The fraction of sp³-hybridized carbons (Fsp3) is 0.261. The molecule has 2 amide bonds. The van der Waals surface area contributed by atoms with Crippen molar-refractivity contribution in [1.82, 2.24) is 20.1 Å². The number of anilines is 1. The van der Waals surface area contributed by atoms with Crippen LogP contribution in [0, 0.1) is 0 Å². The number of carbonyl (C=O) groups excluding carboxylic acids is 2. The van der Waals surface area contributed by atoms with Gasteiger partial charge in [-0.1, -0.05) is 24.3 Å². The molecule has 0 fully saturated rings. The number of nitrogens with zero attached hydrogens (tertiary/aromatic N) is 4. The number of rotatable bonds is 6. The highest BCUT2D eigenvalue weighted by Crippen LogP contribution is 2.32. The molecule has 1 aromatic carbocycles. The number of benzene rings is 1. The summed E-state index contributed by atoms with van der Waals surface area (Å²) in [6.07, 6.45) is 2.51. The first-order chi connectivity index (χ1) is 15.0. The molecule has 0 saturated carbocycles. The lowest BCUT2D eigenvalue weighted by Crippen LogP contribution is -2.38. The first-order valence-electron chi connectivity index (χ1n) is 10.2. The Bertz CT molecular complexity index is 1160. The zero-order chi connectivity index (χ0) is 21.8. The van der Waals surface area contributed by atoms with E-state index < -0.39 is 0 Å². The van der Waals surface area contributed by atoms with Gasteiger partial charge in [-0.05, 0) is 43.2 Å². The van der Waals surface area contributed by atoms with E-state index in [2.05, 4.69) is 15.4 Å². The summed E-state index contributed by atoms with van der Waals surface area (Å²) < 4.78 is 1.17. The summed E-state index contributed by atoms with van der Waals surface area (Å²) in [5.41, 5.74) is 2.55. The molecule has 8 heteroatoms. The second-order valence-corrected chi connectivity index (χ2v) is 7.48. The molecule has 1 unspecified atom stereocenters. The van der Waals surface area contributed by atoms with E-state index in [1.54, 1.807) is 17.2 Å². The second-order valence-electron chi connectivity index (χ2n) is 7.48. The Morgan fingerprint density at radius 3 is 2.71 bits per heavy atom. The highest BCUT2D eigenvalue weighted by molar-refractivity contribution is 6.06. The minimum atomic E-state index is -0.357. The van der Waals surface area contributed by atoms with Crippen LogP contribution in [0.3, 0.4) is 0 Å². The van der Waals surface area contributed by atoms with Crippen molar-refractivity contribution in [1.29, 1.82) is 0 Å². The zero-order valence-electron chi connectivity index (χ0n) is 17.2. The number of para-hydroxylation sites is 1. The summed E-state index contributed by atoms with van der Waals surface area (Å²) in [7, 11) is 0. The van der Waals surface area contributed by atoms with Gasteiger partial charge in [0.25, 0.3) is 11.5 Å². The average Bonchev–Trinajstić information content (AvgIpc) is 3.13. The highest BCUT2D eigenvalue weighted by Gasteiger charge is 2.32. The van der Waals surface area contributed by atoms with Crippen LogP contribution >= 0.6 is 0 Å². The van der Waals surface area contributed by atoms with Crippen molar-refractivity contribution in [2.24, 2.45) is 0 Å². The summed E-state index contributed by atoms with van der Waals surface area (Å²) in [5, 5.41) is 7.00. The topological polar surface area (TPSA) is 97.2 Å². The number of pyridine rings is 1. The standard InChI is InChI=1S/C23H23N5O3/c1-16-14-17-6-2-3-8-20(17)28(16)23(31)19-9-10-22(30)27(26-19)13-11-21(29)25-15-18-7-4-5-12-24-18/h2-10,12,16H,11,13-15H2,1H3,(H,25,29). The zero-order valence-corrected chi connectivity index (χ0v) is 17.2. The van der Waals surface area contributed by atoms with Crippen LogP contribution in [0.25, 0.3) is 0 Å². The van der Waals surface area contributed by atoms with Crippen molar-refractivity contribution < 1.29 is 9.59 Å². The molecule has 3 aromatic rings. The third-order valence-electron chi connectivity index (χ3n) is 5.26. The number of amides is 2. The maximum atomic E-state index is 13.1. The lowest BCUT2D eigenvalue weighted by Gasteiger charge is -2.22. The first-order valence-corrected chi connectivity index (χ1v) is 10.2. The fourth-order valence-corrected chi connectivity index (χ4v) is 3.71. The first kappa shape index (κ1) is 20.5. The van der Waals surface area contributed by atoms with E-state index in [0.717, 1.165) is 23.4 Å². The molecule has 1 atom stereocenters. The van der Waals surface area contributed by atoms with Gasteiger partial charge in [-0.15, -0.1) is 0 Å². The van der Waals surface area contributed by atoms with Crippen LogP contribution in [-0.2, 0) is 24.3 Å². The molecule has 0 saturated heterocycles. The maximum Gasteiger partial charge on any atom is 0.278 e. The second kappa shape index (κ2) is 8.91. The molecular formula is C23H23N5O3. The fourth-order valence-electron chi connectivity index (χ4n) is 3.71. The molecule has 0 bridgehead atoms. The molecular weight excluding hydrogens is 394 g/mol. The Kier molecular flexibility index (Phi) is 5.88. The van der Waals surface area contributed by atoms with Gasteiger partial charge >= 0.3 is 0 Å². The number of hydrogen-bond donors (Lipinski definition) is 1. The van der Waals surface area contributed by atoms with Gasteiger partial charge in [-0.25, -0.2) is 4.68 Å². The Labute approximate surface area is 179 Å². The smallest absolute Gasteiger partial charge is 0.278 e. The lowest BCUT2D eigenvalue weighted by molar-refractivity contribution is -0.121. The minimum absolute atomic E-state index is 0.00412. The van der Waals surface area contributed by atoms with Gasteiger partial charge in [0.1, 0.15) is 5.69 Å². The number of hydrogen-bond acceptors (Lipinski definition) is 5. The predicted octanol–water partition coefficient (Wildman–Crippen LogP) is 1.94. The van der Waals surface area contributed by atoms with Gasteiger partial charge in [0.15, 0.2) is 0 Å². The van der Waals surface area contributed by atoms with Crippen LogP contribution in [0.4, 0.5) is 5.69 Å². The van der Waals surface area contributed by atoms with Crippen molar-refractivity contribution in [3.8, 4) is 0 Å². The van der Waals surface area contributed by atoms with Crippen LogP contribution in [0.5, 0.6) is 0 Å². The quantitative estimate of drug-likeness (QED) is 0.661. The van der Waals surface area contributed by atoms with Gasteiger partial charge in [0.2, 0.25) is 5.91 Å². The SMILES string of the molecule is CC1Cc2ccccc2N1C(=O)c1ccc(=O)n(CCC(=O)NCc2ccccn2)n1. The molecule has 1 aliphatic rings. The summed E-state index contributed by atoms with van der Waals surface area (Å²) in [5.74, 6) is -0.482. The Morgan fingerprint density at radius 1 is 1.10 bits per heavy atom. The average molecular weight is 417 g/mol. The van der Waals surface area contributed by atoms with Crippen molar-refractivity contribution in [3.63, 3.8) is 0 Å². The van der Waals surface area contributed by atoms with E-state index in [1.165, 1.54) is 16.8 Å². The van der Waals surface area contributed by atoms with Crippen LogP contribution in [0.1, 0.15) is 35.1 Å². The Balaban J connectivity index is 1.43. The van der Waals surface area contributed by atoms with E-state index in [1.807, 2.05) is 43.3 Å². The molecule has 3 heterocycles. The van der Waals surface area contributed by atoms with Crippen molar-refractivity contribution in [2.75, 3.05) is 4.90 Å². The maximum absolute atomic E-state index is 13.1. The van der Waals surface area contributed by atoms with Crippen molar-refractivity contribution >= 4 is 17.5 Å². The van der Waals surface area contributed by atoms with Crippen LogP contribution in [-0.4, -0.2) is 32.6 Å². The molecule has 0 radical (unpaired) electrons. The summed E-state index contributed by atoms with van der Waals surface area (Å²) in [6.45, 7) is 2.38. The number of aryl methyl sites for hydroxylation is 1. The van der Waals surface area contributed by atoms with Gasteiger partial charge in [0.05, 0.1) is 18.8 Å². The van der Waals surface area contributed by atoms with Crippen LogP contribution in [0.15, 0.2) is 65.6 Å². The van der Waals surface area contributed by atoms with Gasteiger partial charge in [-0.2, -0.15) is 5.10 Å². The van der Waals surface area contributed by atoms with Gasteiger partial charge in [0, 0.05) is 30.4 Å². The summed E-state index contributed by atoms with van der Waals surface area (Å²) >= 11 is 0.